The van der Waals surface area contributed by atoms with E-state index in [9.17, 15) is 0 Å². The smallest absolute Gasteiger partial charge is 1.00 e. The topological polar surface area (TPSA) is 0 Å². The van der Waals surface area contributed by atoms with E-state index >= 15 is 0 Å². The van der Waals surface area contributed by atoms with E-state index in [0.717, 1.165) is 12.8 Å². The Morgan fingerprint density at radius 1 is 0.452 bits per heavy atom. The fourth-order valence-corrected chi connectivity index (χ4v) is 8.31. The third-order valence-electron chi connectivity index (χ3n) is 11.3. The van der Waals surface area contributed by atoms with Gasteiger partial charge in [0, 0.05) is 0 Å². The molecule has 0 fully saturated rings. The molecule has 0 aromatic heterocycles. The minimum Gasteiger partial charge on any atom is -1.00 e. The molecular weight excluding hydrogens is 1120 g/mol. The van der Waals surface area contributed by atoms with Crippen LogP contribution in [0.3, 0.4) is 0 Å². The van der Waals surface area contributed by atoms with Crippen molar-refractivity contribution in [2.45, 2.75) is 145 Å². The predicted octanol–water partition coefficient (Wildman–Crippen LogP) is 10.8. The third kappa shape index (κ3) is 12.9. The first-order valence-electron chi connectivity index (χ1n) is 21.9. The van der Waals surface area contributed by atoms with Gasteiger partial charge in [0.15, 0.2) is 0 Å². The maximum Gasteiger partial charge on any atom is -1.00 e. The summed E-state index contributed by atoms with van der Waals surface area (Å²) in [6.07, 6.45) is 15.6. The summed E-state index contributed by atoms with van der Waals surface area (Å²) < 4.78 is 3.11. The van der Waals surface area contributed by atoms with Crippen LogP contribution in [0.2, 0.25) is 0 Å². The van der Waals surface area contributed by atoms with Gasteiger partial charge >= 0.3 is 82.0 Å². The zero-order valence-electron chi connectivity index (χ0n) is 40.6. The molecule has 2 aliphatic carbocycles. The van der Waals surface area contributed by atoms with Gasteiger partial charge in [-0.3, -0.25) is 0 Å². The fraction of sp³-hybridized carbons (Fsp3) is 0.379. The number of benzene rings is 4. The minimum absolute atomic E-state index is 0. The molecule has 0 unspecified atom stereocenters. The van der Waals surface area contributed by atoms with Gasteiger partial charge in [0.25, 0.3) is 0 Å². The van der Waals surface area contributed by atoms with Crippen molar-refractivity contribution in [3.8, 4) is 0 Å². The Morgan fingerprint density at radius 2 is 0.758 bits per heavy atom. The van der Waals surface area contributed by atoms with Crippen molar-refractivity contribution in [1.82, 2.24) is 0 Å². The predicted molar refractivity (Wildman–Crippen MR) is 265 cm³/mol. The minimum atomic E-state index is 0. The summed E-state index contributed by atoms with van der Waals surface area (Å²) in [5.41, 5.74) is 12.1. The normalized spacial score (nSPS) is 13.7. The molecule has 0 atom stereocenters. The fourth-order valence-electron chi connectivity index (χ4n) is 8.31. The van der Waals surface area contributed by atoms with Crippen molar-refractivity contribution in [2.24, 2.45) is 0 Å². The first-order valence-corrected chi connectivity index (χ1v) is 25.5. The molecule has 6 aromatic carbocycles. The van der Waals surface area contributed by atoms with Crippen molar-refractivity contribution in [3.05, 3.63) is 143 Å². The van der Waals surface area contributed by atoms with E-state index in [4.69, 9.17) is 0 Å². The van der Waals surface area contributed by atoms with E-state index in [2.05, 4.69) is 220 Å². The molecule has 0 N–H and O–H groups in total. The zero-order chi connectivity index (χ0) is 44.5. The van der Waals surface area contributed by atoms with Gasteiger partial charge in [-0.15, -0.1) is 67.4 Å². The van der Waals surface area contributed by atoms with Gasteiger partial charge in [-0.1, -0.05) is 213 Å². The van der Waals surface area contributed by atoms with E-state index in [1.165, 1.54) is 135 Å². The molecule has 0 saturated carbocycles. The van der Waals surface area contributed by atoms with Gasteiger partial charge in [-0.05, 0) is 34.5 Å². The first-order chi connectivity index (χ1) is 27.8. The summed E-state index contributed by atoms with van der Waals surface area (Å²) >= 11 is 2.53. The van der Waals surface area contributed by atoms with Crippen LogP contribution < -0.4 is 24.8 Å². The monoisotopic (exact) mass is 1200 g/mol. The maximum atomic E-state index is 2.42. The van der Waals surface area contributed by atoms with Crippen molar-refractivity contribution in [1.29, 1.82) is 0 Å². The number of halogens is 2. The molecule has 0 bridgehead atoms. The Bertz CT molecular complexity index is 2490. The second kappa shape index (κ2) is 21.3. The Morgan fingerprint density at radius 3 is 1.02 bits per heavy atom. The molecule has 6 aromatic rings. The van der Waals surface area contributed by atoms with E-state index in [0.29, 0.717) is 0 Å². The molecule has 4 heteroatoms. The molecular formula is C58H70Cl2Hf2. The quantitative estimate of drug-likeness (QED) is 0.120. The maximum absolute atomic E-state index is 2.42. The van der Waals surface area contributed by atoms with Crippen LogP contribution >= 0.6 is 0 Å². The van der Waals surface area contributed by atoms with Crippen molar-refractivity contribution in [2.75, 3.05) is 0 Å². The van der Waals surface area contributed by atoms with E-state index < -0.39 is 0 Å². The van der Waals surface area contributed by atoms with Crippen LogP contribution in [0, 0.1) is 0 Å². The Kier molecular flexibility index (Phi) is 18.5. The van der Waals surface area contributed by atoms with Gasteiger partial charge < -0.3 is 24.8 Å². The summed E-state index contributed by atoms with van der Waals surface area (Å²) in [4.78, 5) is 0. The summed E-state index contributed by atoms with van der Waals surface area (Å²) in [5.74, 6) is 0. The molecule has 0 aliphatic heterocycles. The molecule has 0 saturated heterocycles. The summed E-state index contributed by atoms with van der Waals surface area (Å²) in [6.45, 7) is 36.2. The van der Waals surface area contributed by atoms with Gasteiger partial charge in [0.2, 0.25) is 0 Å². The molecule has 62 heavy (non-hydrogen) atoms. The van der Waals surface area contributed by atoms with Crippen LogP contribution in [0.4, 0.5) is 0 Å². The van der Waals surface area contributed by atoms with Gasteiger partial charge in [-0.25, -0.2) is 0 Å². The second-order valence-corrected chi connectivity index (χ2v) is 28.6. The van der Waals surface area contributed by atoms with Gasteiger partial charge in [0.05, 0.1) is 0 Å². The van der Waals surface area contributed by atoms with Crippen LogP contribution in [-0.2, 0) is 69.4 Å². The molecule has 0 amide bonds. The average Bonchev–Trinajstić information content (AvgIpc) is 3.95. The average molecular weight is 1200 g/mol. The summed E-state index contributed by atoms with van der Waals surface area (Å²) in [7, 11) is 0. The summed E-state index contributed by atoms with van der Waals surface area (Å²) in [6, 6.07) is 28.2. The molecule has 0 heterocycles. The van der Waals surface area contributed by atoms with Crippen molar-refractivity contribution >= 4 is 60.7 Å². The second-order valence-electron chi connectivity index (χ2n) is 21.4. The Labute approximate surface area is 417 Å². The van der Waals surface area contributed by atoms with Crippen LogP contribution in [0.15, 0.2) is 109 Å². The molecule has 8 rings (SSSR count). The van der Waals surface area contributed by atoms with Crippen LogP contribution in [0.5, 0.6) is 0 Å². The van der Waals surface area contributed by atoms with Crippen LogP contribution in [0.25, 0.3) is 54.2 Å². The van der Waals surface area contributed by atoms with Gasteiger partial charge in [-0.2, -0.15) is 0 Å². The number of rotatable bonds is 2. The molecule has 2 aliphatic rings. The Balaban J connectivity index is 0.000000274. The van der Waals surface area contributed by atoms with Crippen molar-refractivity contribution in [3.63, 3.8) is 0 Å². The summed E-state index contributed by atoms with van der Waals surface area (Å²) in [5, 5.41) is 11.1. The van der Waals surface area contributed by atoms with Crippen LogP contribution in [0.1, 0.15) is 157 Å². The molecule has 0 nitrogen and oxygen atoms in total. The van der Waals surface area contributed by atoms with Crippen molar-refractivity contribution < 1.29 is 72.6 Å². The van der Waals surface area contributed by atoms with Crippen LogP contribution in [-0.4, -0.2) is 6.51 Å². The molecule has 324 valence electrons. The standard InChI is InChI=1S/2C26H29.2C3H6.2ClH.2Hf/c2*1-25(2,3)19-11-12-20-18(15-19)16-22-21(20)13-14-23(26(4,5)6)24(22)17-9-7-8-10-17;2*1-3-2;;;;/h2*7-9,11-16H,10H2,1-6H3;2*1-2H3;2*1H;;/q2*-1;;;;;2*+2/p-2. The third-order valence-corrected chi connectivity index (χ3v) is 11.3. The molecule has 0 radical (unpaired) electrons. The number of hydrogen-bond donors (Lipinski definition) is 0. The Hall–Kier alpha value is -2.36. The first kappa shape index (κ1) is 54.0. The number of fused-ring (bicyclic) bond motifs is 6. The molecule has 0 spiro atoms. The SMILES string of the molecule is CC(C)(C)c1ccc2c(c1)[cH-]c1c(C3=CC=CC3)c(C(C)(C)C)ccc12.CC(C)(C)c1ccc2c(c1)[cH-]c1c(C3=CC=CC3)c(C(C)(C)C)ccc12.C[C](C)=[Hf+2].C[C](C)=[Hf+2].[Cl-].[Cl-]. The van der Waals surface area contributed by atoms with E-state index in [-0.39, 0.29) is 46.5 Å². The largest absolute Gasteiger partial charge is 1.00 e. The van der Waals surface area contributed by atoms with E-state index in [1.54, 1.807) is 6.51 Å². The van der Waals surface area contributed by atoms with Gasteiger partial charge in [0.1, 0.15) is 0 Å². The van der Waals surface area contributed by atoms with E-state index in [1.807, 2.05) is 0 Å². The number of hydrogen-bond acceptors (Lipinski definition) is 0. The number of allylic oxidation sites excluding steroid dienone is 8. The zero-order valence-corrected chi connectivity index (χ0v) is 49.3.